The van der Waals surface area contributed by atoms with Gasteiger partial charge in [0.15, 0.2) is 5.69 Å². The Morgan fingerprint density at radius 3 is 2.74 bits per heavy atom. The number of ether oxygens (including phenoxy) is 1. The van der Waals surface area contributed by atoms with Crippen molar-refractivity contribution in [1.29, 1.82) is 0 Å². The van der Waals surface area contributed by atoms with E-state index in [1.807, 2.05) is 0 Å². The molecule has 5 nitrogen and oxygen atoms in total. The van der Waals surface area contributed by atoms with Crippen molar-refractivity contribution in [3.8, 4) is 0 Å². The van der Waals surface area contributed by atoms with Crippen LogP contribution < -0.4 is 4.90 Å². The van der Waals surface area contributed by atoms with Crippen LogP contribution in [-0.4, -0.2) is 24.6 Å². The molecule has 6 heteroatoms. The number of rotatable bonds is 4. The van der Waals surface area contributed by atoms with Crippen LogP contribution in [0.4, 0.5) is 16.1 Å². The highest BCUT2D eigenvalue weighted by molar-refractivity contribution is 5.87. The minimum Gasteiger partial charge on any atom is -0.461 e. The number of nitrogens with zero attached hydrogens (tertiary/aromatic N) is 2. The summed E-state index contributed by atoms with van der Waals surface area (Å²) in [5, 5.41) is 0. The Hall–Kier alpha value is -2.37. The SMILES string of the molecule is CCOC(=O)c1coc(N(C)c2ccc(F)cc2)n1. The molecule has 1 aromatic heterocycles. The molecule has 0 saturated carbocycles. The lowest BCUT2D eigenvalue weighted by Gasteiger charge is -2.13. The maximum absolute atomic E-state index is 12.8. The van der Waals surface area contributed by atoms with Crippen LogP contribution in [0, 0.1) is 5.82 Å². The first-order chi connectivity index (χ1) is 9.11. The van der Waals surface area contributed by atoms with Crippen LogP contribution in [0.25, 0.3) is 0 Å². The summed E-state index contributed by atoms with van der Waals surface area (Å²) in [5.41, 5.74) is 0.796. The van der Waals surface area contributed by atoms with Gasteiger partial charge in [-0.2, -0.15) is 4.98 Å². The van der Waals surface area contributed by atoms with Crippen LogP contribution in [-0.2, 0) is 4.74 Å². The molecular weight excluding hydrogens is 251 g/mol. The number of carbonyl (C=O) groups is 1. The highest BCUT2D eigenvalue weighted by atomic mass is 19.1. The van der Waals surface area contributed by atoms with Gasteiger partial charge >= 0.3 is 12.0 Å². The average molecular weight is 264 g/mol. The van der Waals surface area contributed by atoms with Gasteiger partial charge in [-0.3, -0.25) is 4.90 Å². The highest BCUT2D eigenvalue weighted by Gasteiger charge is 2.16. The van der Waals surface area contributed by atoms with E-state index in [-0.39, 0.29) is 24.1 Å². The summed E-state index contributed by atoms with van der Waals surface area (Å²) in [6, 6.07) is 6.07. The zero-order valence-electron chi connectivity index (χ0n) is 10.6. The first-order valence-electron chi connectivity index (χ1n) is 5.73. The summed E-state index contributed by atoms with van der Waals surface area (Å²) < 4.78 is 22.8. The number of halogens is 1. The van der Waals surface area contributed by atoms with Crippen molar-refractivity contribution < 1.29 is 18.3 Å². The molecule has 0 atom stereocenters. The molecule has 2 rings (SSSR count). The first kappa shape index (κ1) is 13.1. The van der Waals surface area contributed by atoms with E-state index in [9.17, 15) is 9.18 Å². The van der Waals surface area contributed by atoms with Gasteiger partial charge in [-0.15, -0.1) is 0 Å². The maximum atomic E-state index is 12.8. The third kappa shape index (κ3) is 2.90. The molecule has 0 aliphatic rings. The number of hydrogen-bond acceptors (Lipinski definition) is 5. The molecule has 19 heavy (non-hydrogen) atoms. The number of carbonyl (C=O) groups excluding carboxylic acids is 1. The molecule has 0 saturated heterocycles. The molecule has 1 aromatic carbocycles. The van der Waals surface area contributed by atoms with E-state index < -0.39 is 5.97 Å². The van der Waals surface area contributed by atoms with Crippen molar-refractivity contribution in [3.63, 3.8) is 0 Å². The summed E-state index contributed by atoms with van der Waals surface area (Å²) in [6.45, 7) is 1.98. The second kappa shape index (κ2) is 5.51. The summed E-state index contributed by atoms with van der Waals surface area (Å²) in [4.78, 5) is 17.1. The van der Waals surface area contributed by atoms with Crippen molar-refractivity contribution >= 4 is 17.7 Å². The van der Waals surface area contributed by atoms with Gasteiger partial charge < -0.3 is 9.15 Å². The largest absolute Gasteiger partial charge is 0.461 e. The average Bonchev–Trinajstić information content (AvgIpc) is 2.89. The van der Waals surface area contributed by atoms with Crippen molar-refractivity contribution in [2.75, 3.05) is 18.6 Å². The number of hydrogen-bond donors (Lipinski definition) is 0. The van der Waals surface area contributed by atoms with Crippen molar-refractivity contribution in [3.05, 3.63) is 42.0 Å². The maximum Gasteiger partial charge on any atom is 0.360 e. The molecular formula is C13H13FN2O3. The standard InChI is InChI=1S/C13H13FN2O3/c1-3-18-12(17)11-8-19-13(15-11)16(2)10-6-4-9(14)5-7-10/h4-8H,3H2,1-2H3. The second-order valence-electron chi connectivity index (χ2n) is 3.77. The quantitative estimate of drug-likeness (QED) is 0.795. The van der Waals surface area contributed by atoms with Crippen LogP contribution in [0.3, 0.4) is 0 Å². The van der Waals surface area contributed by atoms with Crippen LogP contribution in [0.2, 0.25) is 0 Å². The van der Waals surface area contributed by atoms with Gasteiger partial charge in [-0.25, -0.2) is 9.18 Å². The fourth-order valence-electron chi connectivity index (χ4n) is 1.49. The number of esters is 1. The Balaban J connectivity index is 2.18. The number of oxazole rings is 1. The van der Waals surface area contributed by atoms with Gasteiger partial charge in [0, 0.05) is 12.7 Å². The normalized spacial score (nSPS) is 10.3. The lowest BCUT2D eigenvalue weighted by atomic mass is 10.3. The number of aromatic nitrogens is 1. The minimum absolute atomic E-state index is 0.103. The van der Waals surface area contributed by atoms with Crippen LogP contribution in [0.5, 0.6) is 0 Å². The molecule has 0 N–H and O–H groups in total. The molecule has 0 fully saturated rings. The van der Waals surface area contributed by atoms with E-state index in [0.717, 1.165) is 0 Å². The molecule has 0 spiro atoms. The Labute approximate surface area is 109 Å². The van der Waals surface area contributed by atoms with Crippen LogP contribution in [0.1, 0.15) is 17.4 Å². The molecule has 0 bridgehead atoms. The first-order valence-corrected chi connectivity index (χ1v) is 5.73. The number of anilines is 2. The predicted octanol–water partition coefficient (Wildman–Crippen LogP) is 2.76. The topological polar surface area (TPSA) is 55.6 Å². The lowest BCUT2D eigenvalue weighted by molar-refractivity contribution is 0.0519. The Morgan fingerprint density at radius 1 is 1.42 bits per heavy atom. The fourth-order valence-corrected chi connectivity index (χ4v) is 1.49. The van der Waals surface area contributed by atoms with Gasteiger partial charge in [0.2, 0.25) is 0 Å². The summed E-state index contributed by atoms with van der Waals surface area (Å²) >= 11 is 0. The Kier molecular flexibility index (Phi) is 3.79. The fraction of sp³-hybridized carbons (Fsp3) is 0.231. The smallest absolute Gasteiger partial charge is 0.360 e. The third-order valence-corrected chi connectivity index (χ3v) is 2.48. The van der Waals surface area contributed by atoms with E-state index in [4.69, 9.17) is 9.15 Å². The zero-order chi connectivity index (χ0) is 13.8. The molecule has 0 amide bonds. The molecule has 2 aromatic rings. The highest BCUT2D eigenvalue weighted by Crippen LogP contribution is 2.23. The van der Waals surface area contributed by atoms with E-state index in [0.29, 0.717) is 5.69 Å². The predicted molar refractivity (Wildman–Crippen MR) is 66.9 cm³/mol. The van der Waals surface area contributed by atoms with Crippen LogP contribution in [0.15, 0.2) is 34.9 Å². The molecule has 1 heterocycles. The van der Waals surface area contributed by atoms with Crippen molar-refractivity contribution in [2.24, 2.45) is 0 Å². The Morgan fingerprint density at radius 2 is 2.11 bits per heavy atom. The van der Waals surface area contributed by atoms with E-state index in [1.165, 1.54) is 18.4 Å². The second-order valence-corrected chi connectivity index (χ2v) is 3.77. The van der Waals surface area contributed by atoms with Crippen molar-refractivity contribution in [2.45, 2.75) is 6.92 Å². The molecule has 0 aliphatic carbocycles. The molecule has 0 aliphatic heterocycles. The van der Waals surface area contributed by atoms with Gasteiger partial charge in [0.25, 0.3) is 0 Å². The van der Waals surface area contributed by atoms with E-state index in [1.54, 1.807) is 31.0 Å². The van der Waals surface area contributed by atoms with Gasteiger partial charge in [0.1, 0.15) is 12.1 Å². The summed E-state index contributed by atoms with van der Waals surface area (Å²) in [7, 11) is 1.70. The zero-order valence-corrected chi connectivity index (χ0v) is 10.6. The molecule has 0 unspecified atom stereocenters. The van der Waals surface area contributed by atoms with Gasteiger partial charge in [-0.1, -0.05) is 0 Å². The van der Waals surface area contributed by atoms with Crippen molar-refractivity contribution in [1.82, 2.24) is 4.98 Å². The van der Waals surface area contributed by atoms with Crippen LogP contribution >= 0.6 is 0 Å². The Bertz CT molecular complexity index is 566. The molecule has 100 valence electrons. The molecule has 0 radical (unpaired) electrons. The minimum atomic E-state index is -0.537. The summed E-state index contributed by atoms with van der Waals surface area (Å²) in [6.07, 6.45) is 1.23. The lowest BCUT2D eigenvalue weighted by Crippen LogP contribution is -2.11. The van der Waals surface area contributed by atoms with E-state index in [2.05, 4.69) is 4.98 Å². The number of benzene rings is 1. The third-order valence-electron chi connectivity index (χ3n) is 2.48. The van der Waals surface area contributed by atoms with Gasteiger partial charge in [-0.05, 0) is 31.2 Å². The monoisotopic (exact) mass is 264 g/mol. The van der Waals surface area contributed by atoms with Gasteiger partial charge in [0.05, 0.1) is 6.61 Å². The van der Waals surface area contributed by atoms with E-state index >= 15 is 0 Å². The summed E-state index contributed by atoms with van der Waals surface area (Å²) in [5.74, 6) is -0.859.